The maximum absolute atomic E-state index is 11.0. The summed E-state index contributed by atoms with van der Waals surface area (Å²) in [5, 5.41) is 9.73. The van der Waals surface area contributed by atoms with Crippen molar-refractivity contribution in [1.29, 1.82) is 0 Å². The summed E-state index contributed by atoms with van der Waals surface area (Å²) in [6.07, 6.45) is 0.255. The van der Waals surface area contributed by atoms with Crippen LogP contribution in [0.5, 0.6) is 5.75 Å². The normalized spacial score (nSPS) is 10.0. The van der Waals surface area contributed by atoms with Gasteiger partial charge in [0.25, 0.3) is 0 Å². The van der Waals surface area contributed by atoms with E-state index in [4.69, 9.17) is 0 Å². The smallest absolute Gasteiger partial charge is 0.147 e. The first-order valence-electron chi connectivity index (χ1n) is 3.72. The molecule has 1 N–H and O–H groups in total. The molecule has 70 valence electrons. The van der Waals surface area contributed by atoms with E-state index in [0.717, 1.165) is 0 Å². The van der Waals surface area contributed by atoms with Crippen LogP contribution in [0.4, 0.5) is 0 Å². The number of alkyl halides is 1. The van der Waals surface area contributed by atoms with Gasteiger partial charge in [-0.3, -0.25) is 4.79 Å². The average Bonchev–Trinajstić information content (AvgIpc) is 2.09. The second-order valence-electron chi connectivity index (χ2n) is 2.66. The first-order chi connectivity index (χ1) is 6.13. The SMILES string of the molecule is O=C(CBr)Cc1ccc(S)cc1O. The van der Waals surface area contributed by atoms with Gasteiger partial charge >= 0.3 is 0 Å². The zero-order valence-corrected chi connectivity index (χ0v) is 9.31. The van der Waals surface area contributed by atoms with E-state index in [1.807, 2.05) is 0 Å². The van der Waals surface area contributed by atoms with Crippen LogP contribution in [0, 0.1) is 0 Å². The molecule has 0 heterocycles. The Morgan fingerprint density at radius 3 is 2.77 bits per heavy atom. The molecule has 0 saturated heterocycles. The fourth-order valence-corrected chi connectivity index (χ4v) is 1.36. The maximum Gasteiger partial charge on any atom is 0.147 e. The van der Waals surface area contributed by atoms with Crippen molar-refractivity contribution in [2.75, 3.05) is 5.33 Å². The molecule has 4 heteroatoms. The predicted molar refractivity (Wildman–Crippen MR) is 57.9 cm³/mol. The Kier molecular flexibility index (Phi) is 3.81. The van der Waals surface area contributed by atoms with E-state index in [1.54, 1.807) is 12.1 Å². The Bertz CT molecular complexity index is 325. The van der Waals surface area contributed by atoms with Gasteiger partial charge in [-0.05, 0) is 12.1 Å². The van der Waals surface area contributed by atoms with Crippen molar-refractivity contribution >= 4 is 34.3 Å². The van der Waals surface area contributed by atoms with Crippen molar-refractivity contribution < 1.29 is 9.90 Å². The highest BCUT2D eigenvalue weighted by molar-refractivity contribution is 9.09. The molecule has 0 fully saturated rings. The van der Waals surface area contributed by atoms with Crippen molar-refractivity contribution in [3.63, 3.8) is 0 Å². The van der Waals surface area contributed by atoms with Gasteiger partial charge in [0.15, 0.2) is 0 Å². The van der Waals surface area contributed by atoms with Crippen molar-refractivity contribution in [2.24, 2.45) is 0 Å². The van der Waals surface area contributed by atoms with Crippen LogP contribution in [0.15, 0.2) is 23.1 Å². The summed E-state index contributed by atoms with van der Waals surface area (Å²) < 4.78 is 0. The molecule has 2 nitrogen and oxygen atoms in total. The number of hydrogen-bond acceptors (Lipinski definition) is 3. The molecule has 0 atom stereocenters. The van der Waals surface area contributed by atoms with Gasteiger partial charge in [-0.2, -0.15) is 0 Å². The lowest BCUT2D eigenvalue weighted by Crippen LogP contribution is -2.03. The first kappa shape index (κ1) is 10.6. The van der Waals surface area contributed by atoms with E-state index < -0.39 is 0 Å². The van der Waals surface area contributed by atoms with Gasteiger partial charge < -0.3 is 5.11 Å². The van der Waals surface area contributed by atoms with E-state index in [1.165, 1.54) is 6.07 Å². The van der Waals surface area contributed by atoms with Gasteiger partial charge in [0, 0.05) is 16.9 Å². The van der Waals surface area contributed by atoms with Crippen LogP contribution in [-0.4, -0.2) is 16.2 Å². The first-order valence-corrected chi connectivity index (χ1v) is 5.29. The monoisotopic (exact) mass is 260 g/mol. The van der Waals surface area contributed by atoms with E-state index in [9.17, 15) is 9.90 Å². The largest absolute Gasteiger partial charge is 0.508 e. The van der Waals surface area contributed by atoms with Gasteiger partial charge in [0.1, 0.15) is 11.5 Å². The minimum Gasteiger partial charge on any atom is -0.508 e. The van der Waals surface area contributed by atoms with Gasteiger partial charge in [-0.15, -0.1) is 12.6 Å². The van der Waals surface area contributed by atoms with Crippen LogP contribution in [-0.2, 0) is 11.2 Å². The van der Waals surface area contributed by atoms with E-state index in [0.29, 0.717) is 15.8 Å². The molecule has 0 aliphatic rings. The van der Waals surface area contributed by atoms with Gasteiger partial charge in [-0.1, -0.05) is 22.0 Å². The molecule has 1 aromatic carbocycles. The maximum atomic E-state index is 11.0. The number of rotatable bonds is 3. The van der Waals surface area contributed by atoms with Crippen LogP contribution in [0.3, 0.4) is 0 Å². The number of carbonyl (C=O) groups is 1. The van der Waals surface area contributed by atoms with Crippen LogP contribution in [0.25, 0.3) is 0 Å². The number of thiol groups is 1. The lowest BCUT2D eigenvalue weighted by atomic mass is 10.1. The Balaban J connectivity index is 2.83. The number of ketones is 1. The van der Waals surface area contributed by atoms with E-state index >= 15 is 0 Å². The van der Waals surface area contributed by atoms with Crippen molar-refractivity contribution in [1.82, 2.24) is 0 Å². The Hall–Kier alpha value is -0.480. The van der Waals surface area contributed by atoms with Crippen LogP contribution >= 0.6 is 28.6 Å². The molecule has 0 radical (unpaired) electrons. The predicted octanol–water partition coefficient (Wildman–Crippen LogP) is 2.19. The minimum absolute atomic E-state index is 0.0437. The summed E-state index contributed by atoms with van der Waals surface area (Å²) in [6.45, 7) is 0. The average molecular weight is 261 g/mol. The molecule has 0 aliphatic carbocycles. The summed E-state index contributed by atoms with van der Waals surface area (Å²) in [4.78, 5) is 11.7. The highest BCUT2D eigenvalue weighted by Crippen LogP contribution is 2.21. The third-order valence-corrected chi connectivity index (χ3v) is 2.51. The third-order valence-electron chi connectivity index (χ3n) is 1.61. The Labute approximate surface area is 90.5 Å². The quantitative estimate of drug-likeness (QED) is 0.646. The van der Waals surface area contributed by atoms with Gasteiger partial charge in [-0.25, -0.2) is 0 Å². The van der Waals surface area contributed by atoms with Crippen LogP contribution in [0.1, 0.15) is 5.56 Å². The number of benzene rings is 1. The van der Waals surface area contributed by atoms with E-state index in [2.05, 4.69) is 28.6 Å². The molecular formula is C9H9BrO2S. The molecule has 0 bridgehead atoms. The number of carbonyl (C=O) groups excluding carboxylic acids is 1. The molecule has 0 spiro atoms. The standard InChI is InChI=1S/C9H9BrO2S/c10-5-7(11)3-6-1-2-8(13)4-9(6)12/h1-2,4,12-13H,3,5H2. The number of phenolic OH excluding ortho intramolecular Hbond substituents is 1. The second-order valence-corrected chi connectivity index (χ2v) is 3.74. The summed E-state index contributed by atoms with van der Waals surface area (Å²) in [5.74, 6) is 0.170. The summed E-state index contributed by atoms with van der Waals surface area (Å²) >= 11 is 7.13. The van der Waals surface area contributed by atoms with Gasteiger partial charge in [0.2, 0.25) is 0 Å². The number of phenols is 1. The number of aromatic hydroxyl groups is 1. The third kappa shape index (κ3) is 3.04. The highest BCUT2D eigenvalue weighted by atomic mass is 79.9. The van der Waals surface area contributed by atoms with Gasteiger partial charge in [0.05, 0.1) is 5.33 Å². The summed E-state index contributed by atoms with van der Waals surface area (Å²) in [5.41, 5.74) is 0.641. The molecule has 0 saturated carbocycles. The molecule has 0 unspecified atom stereocenters. The zero-order valence-electron chi connectivity index (χ0n) is 6.83. The Morgan fingerprint density at radius 2 is 2.23 bits per heavy atom. The van der Waals surface area contributed by atoms with Crippen molar-refractivity contribution in [3.8, 4) is 5.75 Å². The lowest BCUT2D eigenvalue weighted by Gasteiger charge is -2.02. The van der Waals surface area contributed by atoms with Crippen molar-refractivity contribution in [2.45, 2.75) is 11.3 Å². The summed E-state index contributed by atoms with van der Waals surface area (Å²) in [6, 6.07) is 4.98. The van der Waals surface area contributed by atoms with Crippen molar-refractivity contribution in [3.05, 3.63) is 23.8 Å². The molecular weight excluding hydrogens is 252 g/mol. The molecule has 1 rings (SSSR count). The lowest BCUT2D eigenvalue weighted by molar-refractivity contribution is -0.115. The topological polar surface area (TPSA) is 37.3 Å². The molecule has 0 amide bonds. The molecule has 1 aromatic rings. The molecule has 0 aliphatic heterocycles. The molecule has 13 heavy (non-hydrogen) atoms. The van der Waals surface area contributed by atoms with Crippen LogP contribution in [0.2, 0.25) is 0 Å². The summed E-state index contributed by atoms with van der Waals surface area (Å²) in [7, 11) is 0. The van der Waals surface area contributed by atoms with E-state index in [-0.39, 0.29) is 18.0 Å². The Morgan fingerprint density at radius 1 is 1.54 bits per heavy atom. The minimum atomic E-state index is 0.0437. The second kappa shape index (κ2) is 4.67. The van der Waals surface area contributed by atoms with Crippen LogP contribution < -0.4 is 0 Å². The fourth-order valence-electron chi connectivity index (χ4n) is 0.961. The number of hydrogen-bond donors (Lipinski definition) is 2. The number of Topliss-reactive ketones (excluding diaryl/α,β-unsaturated/α-hetero) is 1. The molecule has 0 aromatic heterocycles. The fraction of sp³-hybridized carbons (Fsp3) is 0.222. The number of halogens is 1. The zero-order chi connectivity index (χ0) is 9.84. The highest BCUT2D eigenvalue weighted by Gasteiger charge is 2.06.